The first-order valence-corrected chi connectivity index (χ1v) is 11.8. The Balaban J connectivity index is 1.17. The Labute approximate surface area is 194 Å². The van der Waals surface area contributed by atoms with Crippen molar-refractivity contribution in [3.05, 3.63) is 48.3 Å². The Morgan fingerprint density at radius 2 is 1.76 bits per heavy atom. The van der Waals surface area contributed by atoms with Gasteiger partial charge in [0.1, 0.15) is 11.9 Å². The van der Waals surface area contributed by atoms with E-state index in [1.54, 1.807) is 10.7 Å². The first-order valence-electron chi connectivity index (χ1n) is 11.8. The second-order valence-corrected chi connectivity index (χ2v) is 10.6. The number of aromatic hydroxyl groups is 1. The molecule has 1 aromatic carbocycles. The smallest absolute Gasteiger partial charge is 0.233 e. The Morgan fingerprint density at radius 3 is 2.33 bits per heavy atom. The molecular weight excluding hydrogens is 414 g/mol. The van der Waals surface area contributed by atoms with E-state index in [-0.39, 0.29) is 11.9 Å². The van der Waals surface area contributed by atoms with Gasteiger partial charge in [-0.25, -0.2) is 4.68 Å². The molecule has 0 radical (unpaired) electrons. The predicted molar refractivity (Wildman–Crippen MR) is 125 cm³/mol. The number of aryl methyl sites for hydroxylation is 1. The third-order valence-corrected chi connectivity index (χ3v) is 9.39. The van der Waals surface area contributed by atoms with Crippen LogP contribution in [-0.4, -0.2) is 55.2 Å². The lowest BCUT2D eigenvalue weighted by atomic mass is 9.88. The van der Waals surface area contributed by atoms with Gasteiger partial charge < -0.3 is 9.84 Å². The number of hydrogen-bond donors (Lipinski definition) is 1. The average Bonchev–Trinajstić information content (AvgIpc) is 3.06. The lowest BCUT2D eigenvalue weighted by Crippen LogP contribution is -2.50. The van der Waals surface area contributed by atoms with Crippen LogP contribution in [0.25, 0.3) is 16.9 Å². The van der Waals surface area contributed by atoms with Gasteiger partial charge in [0, 0.05) is 48.8 Å². The molecule has 3 aliphatic rings. The summed E-state index contributed by atoms with van der Waals surface area (Å²) in [6.07, 6.45) is 4.09. The van der Waals surface area contributed by atoms with Crippen molar-refractivity contribution in [2.24, 2.45) is 16.7 Å². The molecule has 3 aromatic rings. The molecule has 2 aliphatic heterocycles. The van der Waals surface area contributed by atoms with Gasteiger partial charge in [-0.3, -0.25) is 4.90 Å². The van der Waals surface area contributed by atoms with Gasteiger partial charge in [-0.05, 0) is 55.0 Å². The van der Waals surface area contributed by atoms with Gasteiger partial charge in [0.05, 0.1) is 17.1 Å². The minimum atomic E-state index is 0.144. The van der Waals surface area contributed by atoms with Crippen molar-refractivity contribution >= 4 is 0 Å². The van der Waals surface area contributed by atoms with Crippen LogP contribution in [0.5, 0.6) is 11.6 Å². The molecule has 1 saturated carbocycles. The number of benzene rings is 1. The highest BCUT2D eigenvalue weighted by molar-refractivity contribution is 5.68. The lowest BCUT2D eigenvalue weighted by Gasteiger charge is -2.42. The minimum absolute atomic E-state index is 0.144. The van der Waals surface area contributed by atoms with Crippen LogP contribution in [0.15, 0.2) is 42.6 Å². The molecular formula is C26H31N5O2. The van der Waals surface area contributed by atoms with Gasteiger partial charge in [-0.1, -0.05) is 20.8 Å². The van der Waals surface area contributed by atoms with E-state index in [0.29, 0.717) is 40.1 Å². The van der Waals surface area contributed by atoms with E-state index < -0.39 is 0 Å². The molecule has 7 heteroatoms. The summed E-state index contributed by atoms with van der Waals surface area (Å²) in [6, 6.07) is 12.2. The largest absolute Gasteiger partial charge is 0.507 e. The molecule has 2 bridgehead atoms. The molecule has 2 aromatic heterocycles. The number of rotatable bonds is 4. The van der Waals surface area contributed by atoms with Crippen LogP contribution < -0.4 is 4.74 Å². The zero-order valence-corrected chi connectivity index (χ0v) is 19.9. The molecule has 0 amide bonds. The predicted octanol–water partition coefficient (Wildman–Crippen LogP) is 4.23. The fourth-order valence-corrected chi connectivity index (χ4v) is 7.13. The van der Waals surface area contributed by atoms with Crippen LogP contribution >= 0.6 is 0 Å². The monoisotopic (exact) mass is 445 g/mol. The molecule has 0 spiro atoms. The summed E-state index contributed by atoms with van der Waals surface area (Å²) in [5.41, 5.74) is 3.74. The van der Waals surface area contributed by atoms with Gasteiger partial charge in [0.15, 0.2) is 0 Å². The molecule has 7 nitrogen and oxygen atoms in total. The topological polar surface area (TPSA) is 76.3 Å². The highest BCUT2D eigenvalue weighted by Gasteiger charge is 2.81. The number of nitrogens with zero attached hydrogens (tertiary/aromatic N) is 5. The van der Waals surface area contributed by atoms with E-state index in [0.717, 1.165) is 30.1 Å². The molecule has 4 heterocycles. The summed E-state index contributed by atoms with van der Waals surface area (Å²) in [4.78, 5) is 2.59. The summed E-state index contributed by atoms with van der Waals surface area (Å²) < 4.78 is 8.04. The Morgan fingerprint density at radius 1 is 1.03 bits per heavy atom. The Hall–Kier alpha value is -2.93. The molecule has 1 aliphatic carbocycles. The van der Waals surface area contributed by atoms with Crippen LogP contribution in [0.4, 0.5) is 0 Å². The van der Waals surface area contributed by atoms with Crippen molar-refractivity contribution in [2.45, 2.75) is 58.7 Å². The first kappa shape index (κ1) is 20.7. The standard InChI is InChI=1S/C26H31N5O2/c1-15-10-11-31(29-15)17-6-7-19(21(32)12-17)20-8-9-24(28-27-20)33-18-13-22-25(3)16(2)26(25,4)23(14-18)30(22)5/h6-12,16,18,22-23,32H,13-14H2,1-5H3. The fourth-order valence-electron chi connectivity index (χ4n) is 7.13. The Kier molecular flexibility index (Phi) is 4.25. The van der Waals surface area contributed by atoms with Gasteiger partial charge in [0.2, 0.25) is 5.88 Å². The molecule has 4 unspecified atom stereocenters. The van der Waals surface area contributed by atoms with Crippen molar-refractivity contribution in [2.75, 3.05) is 7.05 Å². The SMILES string of the molecule is Cc1ccn(-c2ccc(-c3ccc(OC4CC5N(C)C(C4)C4(C)C(C)C54C)nn3)c(O)c2)n1. The van der Waals surface area contributed by atoms with Crippen LogP contribution in [0.2, 0.25) is 0 Å². The molecule has 4 atom stereocenters. The normalized spacial score (nSPS) is 34.8. The number of piperidine rings is 2. The van der Waals surface area contributed by atoms with Crippen LogP contribution in [0.3, 0.4) is 0 Å². The zero-order chi connectivity index (χ0) is 23.1. The van der Waals surface area contributed by atoms with Crippen molar-refractivity contribution < 1.29 is 9.84 Å². The quantitative estimate of drug-likeness (QED) is 0.648. The Bertz CT molecular complexity index is 1200. The summed E-state index contributed by atoms with van der Waals surface area (Å²) in [5.74, 6) is 1.46. The van der Waals surface area contributed by atoms with Gasteiger partial charge in [0.25, 0.3) is 0 Å². The van der Waals surface area contributed by atoms with Gasteiger partial charge >= 0.3 is 0 Å². The van der Waals surface area contributed by atoms with Crippen molar-refractivity contribution in [3.63, 3.8) is 0 Å². The third kappa shape index (κ3) is 2.75. The number of ether oxygens (including phenoxy) is 1. The maximum atomic E-state index is 10.6. The van der Waals surface area contributed by atoms with E-state index in [4.69, 9.17) is 4.74 Å². The second kappa shape index (κ2) is 6.79. The molecule has 172 valence electrons. The molecule has 33 heavy (non-hydrogen) atoms. The maximum absolute atomic E-state index is 10.6. The van der Waals surface area contributed by atoms with Crippen LogP contribution in [-0.2, 0) is 0 Å². The summed E-state index contributed by atoms with van der Waals surface area (Å²) in [6.45, 7) is 9.27. The average molecular weight is 446 g/mol. The molecule has 6 rings (SSSR count). The van der Waals surface area contributed by atoms with Crippen LogP contribution in [0, 0.1) is 23.7 Å². The lowest BCUT2D eigenvalue weighted by molar-refractivity contribution is 0.0202. The van der Waals surface area contributed by atoms with Crippen LogP contribution in [0.1, 0.15) is 39.3 Å². The highest BCUT2D eigenvalue weighted by atomic mass is 16.5. The summed E-state index contributed by atoms with van der Waals surface area (Å²) in [5, 5.41) is 23.7. The summed E-state index contributed by atoms with van der Waals surface area (Å²) >= 11 is 0. The number of phenolic OH excluding ortho intramolecular Hbond substituents is 1. The van der Waals surface area contributed by atoms with E-state index in [1.165, 1.54) is 0 Å². The molecule has 2 saturated heterocycles. The van der Waals surface area contributed by atoms with E-state index in [9.17, 15) is 5.11 Å². The van der Waals surface area contributed by atoms with Crippen molar-refractivity contribution in [1.29, 1.82) is 0 Å². The molecule has 3 fully saturated rings. The molecule has 1 N–H and O–H groups in total. The maximum Gasteiger partial charge on any atom is 0.233 e. The number of aromatic nitrogens is 4. The van der Waals surface area contributed by atoms with E-state index in [2.05, 4.69) is 48.0 Å². The zero-order valence-electron chi connectivity index (χ0n) is 19.9. The van der Waals surface area contributed by atoms with Gasteiger partial charge in [-0.2, -0.15) is 5.10 Å². The van der Waals surface area contributed by atoms with Gasteiger partial charge in [-0.15, -0.1) is 10.2 Å². The second-order valence-electron chi connectivity index (χ2n) is 10.6. The number of hydrogen-bond acceptors (Lipinski definition) is 6. The third-order valence-electron chi connectivity index (χ3n) is 9.39. The number of fused-ring (bicyclic) bond motifs is 5. The van der Waals surface area contributed by atoms with Crippen molar-refractivity contribution in [1.82, 2.24) is 24.9 Å². The van der Waals surface area contributed by atoms with E-state index in [1.807, 2.05) is 43.5 Å². The first-order chi connectivity index (χ1) is 15.7. The van der Waals surface area contributed by atoms with Crippen molar-refractivity contribution in [3.8, 4) is 28.6 Å². The van der Waals surface area contributed by atoms with E-state index >= 15 is 0 Å². The highest BCUT2D eigenvalue weighted by Crippen LogP contribution is 2.79. The minimum Gasteiger partial charge on any atom is -0.507 e. The number of phenols is 1. The summed E-state index contributed by atoms with van der Waals surface area (Å²) in [7, 11) is 2.28. The fraction of sp³-hybridized carbons (Fsp3) is 0.500.